The molecule has 27 heavy (non-hydrogen) atoms. The first-order valence-corrected chi connectivity index (χ1v) is 8.45. The van der Waals surface area contributed by atoms with Gasteiger partial charge in [-0.25, -0.2) is 19.0 Å². The molecule has 0 atom stereocenters. The van der Waals surface area contributed by atoms with Crippen LogP contribution in [0.15, 0.2) is 36.4 Å². The SMILES string of the molecule is Cc1ccc(C(=O)O)c(N2CCC(Oc3cccc(F)c3)(C(=O)O)CC2)n1. The van der Waals surface area contributed by atoms with Crippen molar-refractivity contribution < 1.29 is 28.9 Å². The number of piperidine rings is 1. The van der Waals surface area contributed by atoms with Crippen LogP contribution >= 0.6 is 0 Å². The molecule has 0 saturated carbocycles. The van der Waals surface area contributed by atoms with Gasteiger partial charge in [0, 0.05) is 37.7 Å². The predicted molar refractivity (Wildman–Crippen MR) is 94.8 cm³/mol. The summed E-state index contributed by atoms with van der Waals surface area (Å²) < 4.78 is 19.1. The molecule has 0 unspecified atom stereocenters. The molecule has 7 nitrogen and oxygen atoms in total. The molecule has 0 bridgehead atoms. The lowest BCUT2D eigenvalue weighted by atomic mass is 9.90. The molecule has 142 valence electrons. The van der Waals surface area contributed by atoms with Crippen LogP contribution in [0.1, 0.15) is 28.9 Å². The monoisotopic (exact) mass is 374 g/mol. The predicted octanol–water partition coefficient (Wildman–Crippen LogP) is 2.73. The highest BCUT2D eigenvalue weighted by molar-refractivity contribution is 5.93. The molecule has 0 spiro atoms. The second kappa shape index (κ2) is 7.22. The molecule has 3 rings (SSSR count). The van der Waals surface area contributed by atoms with Crippen LogP contribution in [-0.4, -0.2) is 45.8 Å². The van der Waals surface area contributed by atoms with Gasteiger partial charge in [0.15, 0.2) is 0 Å². The van der Waals surface area contributed by atoms with Gasteiger partial charge >= 0.3 is 11.9 Å². The Kier molecular flexibility index (Phi) is 4.98. The van der Waals surface area contributed by atoms with E-state index in [1.165, 1.54) is 24.3 Å². The average Bonchev–Trinajstić information content (AvgIpc) is 2.62. The largest absolute Gasteiger partial charge is 0.478 e. The Hall–Kier alpha value is -3.16. The Morgan fingerprint density at radius 1 is 1.19 bits per heavy atom. The maximum Gasteiger partial charge on any atom is 0.348 e. The van der Waals surface area contributed by atoms with E-state index in [4.69, 9.17) is 4.74 Å². The van der Waals surface area contributed by atoms with E-state index < -0.39 is 23.4 Å². The van der Waals surface area contributed by atoms with Gasteiger partial charge in [-0.05, 0) is 31.2 Å². The number of carboxylic acids is 2. The summed E-state index contributed by atoms with van der Waals surface area (Å²) in [6.45, 7) is 2.25. The highest BCUT2D eigenvalue weighted by atomic mass is 19.1. The Morgan fingerprint density at radius 2 is 1.89 bits per heavy atom. The number of carboxylic acid groups (broad SMARTS) is 2. The van der Waals surface area contributed by atoms with Gasteiger partial charge in [-0.1, -0.05) is 6.07 Å². The van der Waals surface area contributed by atoms with Gasteiger partial charge in [0.25, 0.3) is 0 Å². The zero-order valence-electron chi connectivity index (χ0n) is 14.7. The summed E-state index contributed by atoms with van der Waals surface area (Å²) in [6, 6.07) is 8.45. The third-order valence-corrected chi connectivity index (χ3v) is 4.61. The van der Waals surface area contributed by atoms with Crippen LogP contribution in [0, 0.1) is 12.7 Å². The van der Waals surface area contributed by atoms with Crippen molar-refractivity contribution in [2.75, 3.05) is 18.0 Å². The first kappa shape index (κ1) is 18.6. The lowest BCUT2D eigenvalue weighted by Crippen LogP contribution is -2.53. The lowest BCUT2D eigenvalue weighted by Gasteiger charge is -2.39. The number of halogens is 1. The van der Waals surface area contributed by atoms with Gasteiger partial charge in [-0.2, -0.15) is 0 Å². The minimum Gasteiger partial charge on any atom is -0.478 e. The molecule has 1 aromatic carbocycles. The maximum atomic E-state index is 13.4. The number of carbonyl (C=O) groups is 2. The number of anilines is 1. The van der Waals surface area contributed by atoms with Crippen molar-refractivity contribution in [3.05, 3.63) is 53.5 Å². The zero-order chi connectivity index (χ0) is 19.6. The van der Waals surface area contributed by atoms with Crippen molar-refractivity contribution in [3.63, 3.8) is 0 Å². The van der Waals surface area contributed by atoms with Gasteiger partial charge in [0.2, 0.25) is 5.60 Å². The average molecular weight is 374 g/mol. The second-order valence-electron chi connectivity index (χ2n) is 6.47. The normalized spacial score (nSPS) is 16.0. The van der Waals surface area contributed by atoms with Crippen LogP contribution in [0.3, 0.4) is 0 Å². The number of aromatic carboxylic acids is 1. The number of aryl methyl sites for hydroxylation is 1. The van der Waals surface area contributed by atoms with E-state index in [9.17, 15) is 24.2 Å². The van der Waals surface area contributed by atoms with Gasteiger partial charge in [0.05, 0.1) is 0 Å². The minimum atomic E-state index is -1.50. The second-order valence-corrected chi connectivity index (χ2v) is 6.47. The Labute approximate surface area is 155 Å². The van der Waals surface area contributed by atoms with Crippen molar-refractivity contribution >= 4 is 17.8 Å². The maximum absolute atomic E-state index is 13.4. The molecule has 0 aliphatic carbocycles. The fourth-order valence-corrected chi connectivity index (χ4v) is 3.15. The summed E-state index contributed by atoms with van der Waals surface area (Å²) >= 11 is 0. The van der Waals surface area contributed by atoms with E-state index in [2.05, 4.69) is 4.98 Å². The fourth-order valence-electron chi connectivity index (χ4n) is 3.15. The molecule has 2 aromatic rings. The number of nitrogens with zero attached hydrogens (tertiary/aromatic N) is 2. The number of benzene rings is 1. The molecule has 1 aromatic heterocycles. The first-order valence-electron chi connectivity index (χ1n) is 8.45. The Balaban J connectivity index is 1.83. The number of pyridine rings is 1. The fraction of sp³-hybridized carbons (Fsp3) is 0.316. The Bertz CT molecular complexity index is 878. The summed E-state index contributed by atoms with van der Waals surface area (Å²) in [4.78, 5) is 29.4. The van der Waals surface area contributed by atoms with E-state index in [1.807, 2.05) is 0 Å². The summed E-state index contributed by atoms with van der Waals surface area (Å²) in [5.41, 5.74) is -0.770. The quantitative estimate of drug-likeness (QED) is 0.830. The van der Waals surface area contributed by atoms with E-state index >= 15 is 0 Å². The van der Waals surface area contributed by atoms with Crippen molar-refractivity contribution in [3.8, 4) is 5.75 Å². The molecular weight excluding hydrogens is 355 g/mol. The van der Waals surface area contributed by atoms with E-state index in [-0.39, 0.29) is 37.2 Å². The van der Waals surface area contributed by atoms with Crippen molar-refractivity contribution in [2.45, 2.75) is 25.4 Å². The number of hydrogen-bond acceptors (Lipinski definition) is 5. The third kappa shape index (κ3) is 3.84. The van der Waals surface area contributed by atoms with Crippen LogP contribution < -0.4 is 9.64 Å². The molecule has 1 saturated heterocycles. The smallest absolute Gasteiger partial charge is 0.348 e. The van der Waals surface area contributed by atoms with Crippen LogP contribution in [0.2, 0.25) is 0 Å². The highest BCUT2D eigenvalue weighted by Crippen LogP contribution is 2.32. The summed E-state index contributed by atoms with van der Waals surface area (Å²) in [6.07, 6.45) is 0.209. The van der Waals surface area contributed by atoms with Gasteiger partial charge in [-0.3, -0.25) is 0 Å². The summed E-state index contributed by atoms with van der Waals surface area (Å²) in [7, 11) is 0. The zero-order valence-corrected chi connectivity index (χ0v) is 14.7. The standard InChI is InChI=1S/C19H19FN2O5/c1-12-5-6-15(17(23)24)16(21-12)22-9-7-19(8-10-22,18(25)26)27-14-4-2-3-13(20)11-14/h2-6,11H,7-10H2,1H3,(H,23,24)(H,25,26). The van der Waals surface area contributed by atoms with Gasteiger partial charge in [-0.15, -0.1) is 0 Å². The van der Waals surface area contributed by atoms with Gasteiger partial charge < -0.3 is 19.8 Å². The number of hydrogen-bond donors (Lipinski definition) is 2. The van der Waals surface area contributed by atoms with Crippen LogP contribution in [0.5, 0.6) is 5.75 Å². The summed E-state index contributed by atoms with van der Waals surface area (Å²) in [5, 5.41) is 19.1. The van der Waals surface area contributed by atoms with E-state index in [1.54, 1.807) is 17.9 Å². The lowest BCUT2D eigenvalue weighted by molar-refractivity contribution is -0.157. The molecule has 0 radical (unpaired) electrons. The molecule has 1 fully saturated rings. The molecule has 0 amide bonds. The van der Waals surface area contributed by atoms with E-state index in [0.29, 0.717) is 11.5 Å². The summed E-state index contributed by atoms with van der Waals surface area (Å²) in [5.74, 6) is -2.29. The van der Waals surface area contributed by atoms with Crippen molar-refractivity contribution in [2.24, 2.45) is 0 Å². The first-order chi connectivity index (χ1) is 12.8. The molecule has 1 aliphatic heterocycles. The Morgan fingerprint density at radius 3 is 2.48 bits per heavy atom. The van der Waals surface area contributed by atoms with Crippen LogP contribution in [-0.2, 0) is 4.79 Å². The highest BCUT2D eigenvalue weighted by Gasteiger charge is 2.44. The van der Waals surface area contributed by atoms with Crippen LogP contribution in [0.25, 0.3) is 0 Å². The van der Waals surface area contributed by atoms with Crippen molar-refractivity contribution in [1.82, 2.24) is 4.98 Å². The number of aliphatic carboxylic acids is 1. The molecular formula is C19H19FN2O5. The third-order valence-electron chi connectivity index (χ3n) is 4.61. The molecule has 2 heterocycles. The topological polar surface area (TPSA) is 100.0 Å². The number of aromatic nitrogens is 1. The molecule has 2 N–H and O–H groups in total. The van der Waals surface area contributed by atoms with Gasteiger partial charge in [0.1, 0.15) is 22.9 Å². The van der Waals surface area contributed by atoms with Crippen LogP contribution in [0.4, 0.5) is 10.2 Å². The van der Waals surface area contributed by atoms with E-state index in [0.717, 1.165) is 6.07 Å². The molecule has 8 heteroatoms. The number of ether oxygens (including phenoxy) is 1. The molecule has 1 aliphatic rings. The minimum absolute atomic E-state index is 0.0643. The van der Waals surface area contributed by atoms with Crippen molar-refractivity contribution in [1.29, 1.82) is 0 Å². The number of rotatable bonds is 5.